The molecule has 0 bridgehead atoms. The highest BCUT2D eigenvalue weighted by Crippen LogP contribution is 2.12. The molecule has 0 aromatic rings. The molecule has 0 amide bonds. The van der Waals surface area contributed by atoms with Gasteiger partial charge >= 0.3 is 6.18 Å². The minimum Gasteiger partial charge on any atom is -0.162 e. The fourth-order valence-corrected chi connectivity index (χ4v) is 1.29. The highest BCUT2D eigenvalue weighted by atomic mass is 32.2. The van der Waals surface area contributed by atoms with Crippen LogP contribution >= 0.6 is 11.8 Å². The molecular weight excluding hydrogens is 197 g/mol. The second-order valence-electron chi connectivity index (χ2n) is 2.37. The Morgan fingerprint density at radius 1 is 1.23 bits per heavy atom. The lowest BCUT2D eigenvalue weighted by Crippen LogP contribution is -2.01. The molecule has 0 aliphatic heterocycles. The Hall–Kier alpha value is -0.300. The molecule has 0 atom stereocenters. The summed E-state index contributed by atoms with van der Waals surface area (Å²) in [5, 5.41) is 0. The van der Waals surface area contributed by atoms with Gasteiger partial charge in [-0.2, -0.15) is 24.9 Å². The molecule has 0 unspecified atom stereocenters. The first-order valence-corrected chi connectivity index (χ1v) is 5.15. The molecule has 0 fully saturated rings. The molecule has 0 nitrogen and oxygen atoms in total. The molecule has 0 saturated heterocycles. The van der Waals surface area contributed by atoms with Crippen LogP contribution in [0.5, 0.6) is 0 Å². The Labute approximate surface area is 81.3 Å². The van der Waals surface area contributed by atoms with Crippen LogP contribution in [0.3, 0.4) is 0 Å². The van der Waals surface area contributed by atoms with Crippen LogP contribution in [0.15, 0.2) is 0 Å². The summed E-state index contributed by atoms with van der Waals surface area (Å²) in [7, 11) is 0. The lowest BCUT2D eigenvalue weighted by molar-refractivity contribution is -0.0697. The van der Waals surface area contributed by atoms with Crippen LogP contribution in [0.25, 0.3) is 0 Å². The average Bonchev–Trinajstić information content (AvgIpc) is 2.01. The zero-order valence-electron chi connectivity index (χ0n) is 7.28. The molecule has 0 rings (SSSR count). The Balaban J connectivity index is 3.28. The largest absolute Gasteiger partial charge is 0.457 e. The van der Waals surface area contributed by atoms with Crippen LogP contribution in [-0.4, -0.2) is 17.7 Å². The van der Waals surface area contributed by atoms with E-state index < -0.39 is 6.18 Å². The molecule has 13 heavy (non-hydrogen) atoms. The van der Waals surface area contributed by atoms with E-state index in [1.807, 2.05) is 0 Å². The second kappa shape index (κ2) is 7.14. The number of unbranched alkanes of at least 4 members (excludes halogenated alkanes) is 2. The van der Waals surface area contributed by atoms with Crippen molar-refractivity contribution in [2.24, 2.45) is 0 Å². The van der Waals surface area contributed by atoms with Crippen molar-refractivity contribution in [1.29, 1.82) is 0 Å². The third-order valence-electron chi connectivity index (χ3n) is 1.21. The Morgan fingerprint density at radius 2 is 1.92 bits per heavy atom. The van der Waals surface area contributed by atoms with Crippen molar-refractivity contribution < 1.29 is 13.2 Å². The van der Waals surface area contributed by atoms with Crippen molar-refractivity contribution >= 4 is 11.8 Å². The van der Waals surface area contributed by atoms with E-state index in [0.29, 0.717) is 6.42 Å². The van der Waals surface area contributed by atoms with Gasteiger partial charge in [-0.3, -0.25) is 0 Å². The monoisotopic (exact) mass is 209 g/mol. The third-order valence-corrected chi connectivity index (χ3v) is 2.08. The van der Waals surface area contributed by atoms with E-state index in [9.17, 15) is 13.2 Å². The van der Waals surface area contributed by atoms with E-state index in [1.165, 1.54) is 5.92 Å². The third kappa shape index (κ3) is 11.7. The van der Waals surface area contributed by atoms with Crippen molar-refractivity contribution in [2.45, 2.75) is 25.4 Å². The fraction of sp³-hybridized carbons (Fsp3) is 0.667. The Morgan fingerprint density at radius 3 is 2.46 bits per heavy atom. The van der Waals surface area contributed by atoms with Crippen LogP contribution in [0.1, 0.15) is 19.3 Å². The first-order valence-electron chi connectivity index (χ1n) is 4.00. The lowest BCUT2D eigenvalue weighted by Gasteiger charge is -1.95. The predicted molar refractivity (Wildman–Crippen MR) is 50.4 cm³/mol. The number of alkyl halides is 3. The van der Waals surface area contributed by atoms with Crippen molar-refractivity contribution in [2.75, 3.05) is 11.5 Å². The first kappa shape index (κ1) is 12.7. The predicted octanol–water partition coefficient (Wildman–Crippen LogP) is 3.29. The van der Waals surface area contributed by atoms with E-state index in [1.54, 1.807) is 11.8 Å². The normalized spacial score (nSPS) is 10.8. The van der Waals surface area contributed by atoms with Crippen LogP contribution < -0.4 is 0 Å². The van der Waals surface area contributed by atoms with Crippen molar-refractivity contribution in [3.8, 4) is 11.8 Å². The van der Waals surface area contributed by atoms with E-state index in [4.69, 9.17) is 0 Å². The molecule has 0 aromatic heterocycles. The van der Waals surface area contributed by atoms with Gasteiger partial charge in [-0.05, 0) is 31.3 Å². The van der Waals surface area contributed by atoms with Gasteiger partial charge < -0.3 is 0 Å². The zero-order valence-corrected chi connectivity index (χ0v) is 8.10. The average molecular weight is 209 g/mol. The molecule has 0 heterocycles. The van der Waals surface area contributed by atoms with E-state index in [-0.39, 0.29) is 0 Å². The smallest absolute Gasteiger partial charge is 0.162 e. The van der Waals surface area contributed by atoms with Crippen LogP contribution in [0.2, 0.25) is 0 Å². The van der Waals surface area contributed by atoms with Gasteiger partial charge in [0, 0.05) is 12.3 Å². The van der Waals surface area contributed by atoms with Crippen molar-refractivity contribution in [3.63, 3.8) is 0 Å². The zero-order chi connectivity index (χ0) is 10.2. The maximum absolute atomic E-state index is 11.5. The van der Waals surface area contributed by atoms with Crippen LogP contribution in [0, 0.1) is 18.8 Å². The molecule has 0 aromatic carbocycles. The summed E-state index contributed by atoms with van der Waals surface area (Å²) in [6.07, 6.45) is -2.36. The summed E-state index contributed by atoms with van der Waals surface area (Å²) < 4.78 is 34.5. The summed E-state index contributed by atoms with van der Waals surface area (Å²) in [5.41, 5.74) is 0. The van der Waals surface area contributed by atoms with Gasteiger partial charge in [0.05, 0.1) is 0 Å². The molecule has 4 heteroatoms. The van der Waals surface area contributed by atoms with E-state index in [2.05, 4.69) is 12.8 Å². The lowest BCUT2D eigenvalue weighted by atomic mass is 10.2. The Kier molecular flexibility index (Phi) is 6.97. The molecule has 1 radical (unpaired) electrons. The minimum atomic E-state index is -4.33. The number of thioether (sulfide) groups is 1. The maximum atomic E-state index is 11.5. The molecular formula is C9H12F3S. The number of hydrogen-bond donors (Lipinski definition) is 0. The molecule has 0 aliphatic carbocycles. The van der Waals surface area contributed by atoms with Gasteiger partial charge in [-0.1, -0.05) is 5.92 Å². The van der Waals surface area contributed by atoms with Gasteiger partial charge in [0.25, 0.3) is 0 Å². The summed E-state index contributed by atoms with van der Waals surface area (Å²) in [4.78, 5) is 0. The van der Waals surface area contributed by atoms with Crippen molar-refractivity contribution in [3.05, 3.63) is 6.92 Å². The summed E-state index contributed by atoms with van der Waals surface area (Å²) in [6, 6.07) is 0. The van der Waals surface area contributed by atoms with E-state index >= 15 is 0 Å². The number of rotatable bonds is 5. The highest BCUT2D eigenvalue weighted by molar-refractivity contribution is 7.99. The molecule has 0 aliphatic rings. The number of hydrogen-bond acceptors (Lipinski definition) is 1. The minimum absolute atomic E-state index is 0.331. The van der Waals surface area contributed by atoms with Crippen LogP contribution in [0.4, 0.5) is 13.2 Å². The van der Waals surface area contributed by atoms with E-state index in [0.717, 1.165) is 24.3 Å². The molecule has 75 valence electrons. The summed E-state index contributed by atoms with van der Waals surface area (Å²) in [5.74, 6) is 5.12. The fourth-order valence-electron chi connectivity index (χ4n) is 0.682. The second-order valence-corrected chi connectivity index (χ2v) is 3.59. The molecule has 0 spiro atoms. The standard InChI is InChI=1S/C9H12F3S/c1-2-13-8-6-4-3-5-7-9(10,11)12/h1-4,6,8H2. The highest BCUT2D eigenvalue weighted by Gasteiger charge is 2.22. The van der Waals surface area contributed by atoms with Gasteiger partial charge in [-0.25, -0.2) is 0 Å². The number of halogens is 3. The van der Waals surface area contributed by atoms with Gasteiger partial charge in [0.15, 0.2) is 0 Å². The summed E-state index contributed by atoms with van der Waals surface area (Å²) in [6.45, 7) is 3.64. The van der Waals surface area contributed by atoms with Gasteiger partial charge in [0.2, 0.25) is 0 Å². The summed E-state index contributed by atoms with van der Waals surface area (Å²) >= 11 is 1.69. The first-order chi connectivity index (χ1) is 6.06. The SMILES string of the molecule is [CH2]CSCCCCC#CC(F)(F)F. The topological polar surface area (TPSA) is 0 Å². The van der Waals surface area contributed by atoms with Gasteiger partial charge in [-0.15, -0.1) is 0 Å². The quantitative estimate of drug-likeness (QED) is 0.494. The van der Waals surface area contributed by atoms with Gasteiger partial charge in [0.1, 0.15) is 0 Å². The van der Waals surface area contributed by atoms with Crippen LogP contribution in [-0.2, 0) is 0 Å². The van der Waals surface area contributed by atoms with Crippen molar-refractivity contribution in [1.82, 2.24) is 0 Å². The molecule has 0 saturated carbocycles. The Bertz CT molecular complexity index is 176. The maximum Gasteiger partial charge on any atom is 0.457 e. The molecule has 0 N–H and O–H groups in total.